The molecule has 0 aliphatic rings. The Balaban J connectivity index is 2.19. The van der Waals surface area contributed by atoms with Gasteiger partial charge in [-0.15, -0.1) is 0 Å². The van der Waals surface area contributed by atoms with Gasteiger partial charge in [-0.25, -0.2) is 13.4 Å². The number of carboxylic acids is 1. The van der Waals surface area contributed by atoms with Crippen LogP contribution in [0.1, 0.15) is 5.82 Å². The largest absolute Gasteiger partial charge is 0.480 e. The van der Waals surface area contributed by atoms with Gasteiger partial charge in [-0.3, -0.25) is 9.48 Å². The van der Waals surface area contributed by atoms with Crippen LogP contribution in [0.15, 0.2) is 29.7 Å². The van der Waals surface area contributed by atoms with Crippen molar-refractivity contribution in [1.82, 2.24) is 23.6 Å². The number of aromatic nitrogens is 4. The smallest absolute Gasteiger partial charge is 0.325 e. The van der Waals surface area contributed by atoms with E-state index in [0.717, 1.165) is 15.2 Å². The summed E-state index contributed by atoms with van der Waals surface area (Å²) in [7, 11) is -0.542. The fourth-order valence-corrected chi connectivity index (χ4v) is 2.80. The highest BCUT2D eigenvalue weighted by atomic mass is 32.2. The van der Waals surface area contributed by atoms with Crippen LogP contribution in [0.3, 0.4) is 0 Å². The van der Waals surface area contributed by atoms with Crippen molar-refractivity contribution in [3.8, 4) is 0 Å². The first kappa shape index (κ1) is 15.2. The number of aliphatic carboxylic acids is 1. The van der Waals surface area contributed by atoms with Crippen LogP contribution in [0.2, 0.25) is 0 Å². The number of hydrogen-bond acceptors (Lipinski definition) is 5. The van der Waals surface area contributed by atoms with Crippen LogP contribution in [0.25, 0.3) is 0 Å². The first-order valence-corrected chi connectivity index (χ1v) is 7.41. The highest BCUT2D eigenvalue weighted by molar-refractivity contribution is 7.89. The number of hydrogen-bond donors (Lipinski definition) is 1. The molecule has 0 aliphatic carbocycles. The second kappa shape index (κ2) is 5.66. The second-order valence-electron chi connectivity index (χ2n) is 4.48. The van der Waals surface area contributed by atoms with E-state index in [0.29, 0.717) is 5.82 Å². The van der Waals surface area contributed by atoms with Crippen LogP contribution in [0.4, 0.5) is 0 Å². The fraction of sp³-hybridized carbons (Fsp3) is 0.364. The second-order valence-corrected chi connectivity index (χ2v) is 6.53. The van der Waals surface area contributed by atoms with E-state index in [-0.39, 0.29) is 11.4 Å². The molecule has 2 aromatic heterocycles. The van der Waals surface area contributed by atoms with Gasteiger partial charge in [0.2, 0.25) is 10.0 Å². The molecule has 0 unspecified atom stereocenters. The molecule has 0 radical (unpaired) electrons. The van der Waals surface area contributed by atoms with Crippen molar-refractivity contribution >= 4 is 16.0 Å². The first-order valence-electron chi connectivity index (χ1n) is 5.97. The summed E-state index contributed by atoms with van der Waals surface area (Å²) in [5, 5.41) is 12.4. The summed E-state index contributed by atoms with van der Waals surface area (Å²) < 4.78 is 28.6. The van der Waals surface area contributed by atoms with E-state index in [2.05, 4.69) is 10.1 Å². The maximum Gasteiger partial charge on any atom is 0.325 e. The minimum absolute atomic E-state index is 0.0551. The lowest BCUT2D eigenvalue weighted by molar-refractivity contribution is -0.137. The third-order valence-corrected chi connectivity index (χ3v) is 4.66. The monoisotopic (exact) mass is 313 g/mol. The number of nitrogens with zero attached hydrogens (tertiary/aromatic N) is 5. The van der Waals surface area contributed by atoms with Crippen LogP contribution in [0, 0.1) is 0 Å². The molecule has 0 atom stereocenters. The van der Waals surface area contributed by atoms with Gasteiger partial charge >= 0.3 is 5.97 Å². The summed E-state index contributed by atoms with van der Waals surface area (Å²) in [6.45, 7) is -0.283. The Morgan fingerprint density at radius 2 is 2.19 bits per heavy atom. The zero-order valence-corrected chi connectivity index (χ0v) is 12.4. The molecule has 0 amide bonds. The summed E-state index contributed by atoms with van der Waals surface area (Å²) in [4.78, 5) is 14.6. The summed E-state index contributed by atoms with van der Waals surface area (Å²) in [5.74, 6) is -0.498. The summed E-state index contributed by atoms with van der Waals surface area (Å²) >= 11 is 0. The van der Waals surface area contributed by atoms with Gasteiger partial charge in [-0.2, -0.15) is 9.40 Å². The van der Waals surface area contributed by atoms with Gasteiger partial charge in [0.05, 0.1) is 12.7 Å². The van der Waals surface area contributed by atoms with E-state index in [1.54, 1.807) is 24.0 Å². The topological polar surface area (TPSA) is 110 Å². The van der Waals surface area contributed by atoms with Gasteiger partial charge in [0.1, 0.15) is 17.3 Å². The van der Waals surface area contributed by atoms with Crippen molar-refractivity contribution in [2.45, 2.75) is 18.0 Å². The average Bonchev–Trinajstić information content (AvgIpc) is 2.99. The van der Waals surface area contributed by atoms with Crippen LogP contribution >= 0.6 is 0 Å². The SMILES string of the molecule is CN(Cc1nccn1C)S(=O)(=O)c1cnn(CC(=O)O)c1. The first-order chi connectivity index (χ1) is 9.80. The number of aryl methyl sites for hydroxylation is 1. The molecule has 0 saturated carbocycles. The quantitative estimate of drug-likeness (QED) is 0.771. The summed E-state index contributed by atoms with van der Waals surface area (Å²) in [6, 6.07) is 0. The molecule has 0 fully saturated rings. The Morgan fingerprint density at radius 1 is 1.48 bits per heavy atom. The standard InChI is InChI=1S/C11H15N5O4S/c1-14-4-3-12-10(14)7-15(2)21(19,20)9-5-13-16(6-9)8-11(17)18/h3-6H,7-8H2,1-2H3,(H,17,18). The Bertz CT molecular complexity index is 748. The molecule has 114 valence electrons. The van der Waals surface area contributed by atoms with Crippen LogP contribution in [-0.2, 0) is 35.0 Å². The average molecular weight is 313 g/mol. The zero-order chi connectivity index (χ0) is 15.6. The molecule has 10 heteroatoms. The van der Waals surface area contributed by atoms with Crippen molar-refractivity contribution < 1.29 is 18.3 Å². The molecule has 0 bridgehead atoms. The van der Waals surface area contributed by atoms with Crippen LogP contribution in [-0.4, -0.2) is 50.2 Å². The maximum atomic E-state index is 12.4. The minimum atomic E-state index is -3.74. The molecule has 21 heavy (non-hydrogen) atoms. The molecule has 2 aromatic rings. The third-order valence-electron chi connectivity index (χ3n) is 2.90. The fourth-order valence-electron chi connectivity index (χ4n) is 1.72. The Hall–Kier alpha value is -2.20. The lowest BCUT2D eigenvalue weighted by Gasteiger charge is -2.15. The molecule has 9 nitrogen and oxygen atoms in total. The molecule has 0 spiro atoms. The number of sulfonamides is 1. The van der Waals surface area contributed by atoms with E-state index in [4.69, 9.17) is 5.11 Å². The van der Waals surface area contributed by atoms with Crippen molar-refractivity contribution in [3.05, 3.63) is 30.6 Å². The maximum absolute atomic E-state index is 12.4. The van der Waals surface area contributed by atoms with Gasteiger partial charge in [-0.1, -0.05) is 0 Å². The third kappa shape index (κ3) is 3.28. The molecule has 0 aliphatic heterocycles. The molecule has 0 saturated heterocycles. The van der Waals surface area contributed by atoms with Crippen molar-refractivity contribution in [1.29, 1.82) is 0 Å². The number of rotatable bonds is 6. The highest BCUT2D eigenvalue weighted by Crippen LogP contribution is 2.15. The predicted octanol–water partition coefficient (Wildman–Crippen LogP) is -0.478. The van der Waals surface area contributed by atoms with Gasteiger partial charge < -0.3 is 9.67 Å². The van der Waals surface area contributed by atoms with Gasteiger partial charge in [0.15, 0.2) is 0 Å². The van der Waals surface area contributed by atoms with Crippen LogP contribution < -0.4 is 0 Å². The zero-order valence-electron chi connectivity index (χ0n) is 11.5. The lowest BCUT2D eigenvalue weighted by atomic mass is 10.6. The summed E-state index contributed by atoms with van der Waals surface area (Å²) in [6.07, 6.45) is 5.63. The van der Waals surface area contributed by atoms with Crippen LogP contribution in [0.5, 0.6) is 0 Å². The number of carboxylic acid groups (broad SMARTS) is 1. The Labute approximate surface area is 121 Å². The lowest BCUT2D eigenvalue weighted by Crippen LogP contribution is -2.27. The van der Waals surface area contributed by atoms with Crippen molar-refractivity contribution in [3.63, 3.8) is 0 Å². The van der Waals surface area contributed by atoms with E-state index in [9.17, 15) is 13.2 Å². The van der Waals surface area contributed by atoms with E-state index >= 15 is 0 Å². The van der Waals surface area contributed by atoms with Crippen molar-refractivity contribution in [2.24, 2.45) is 7.05 Å². The summed E-state index contributed by atoms with van der Waals surface area (Å²) in [5.41, 5.74) is 0. The van der Waals surface area contributed by atoms with E-state index in [1.165, 1.54) is 13.2 Å². The Kier molecular flexibility index (Phi) is 4.09. The molecular formula is C11H15N5O4S. The molecule has 0 aromatic carbocycles. The molecule has 2 heterocycles. The number of carbonyl (C=O) groups is 1. The number of imidazole rings is 1. The Morgan fingerprint density at radius 3 is 2.76 bits per heavy atom. The van der Waals surface area contributed by atoms with E-state index in [1.807, 2.05) is 0 Å². The van der Waals surface area contributed by atoms with Gasteiger partial charge in [0, 0.05) is 32.7 Å². The predicted molar refractivity (Wildman–Crippen MR) is 71.7 cm³/mol. The minimum Gasteiger partial charge on any atom is -0.480 e. The van der Waals surface area contributed by atoms with Gasteiger partial charge in [-0.05, 0) is 0 Å². The molecule has 1 N–H and O–H groups in total. The van der Waals surface area contributed by atoms with Crippen molar-refractivity contribution in [2.75, 3.05) is 7.05 Å². The van der Waals surface area contributed by atoms with E-state index < -0.39 is 22.5 Å². The molecule has 2 rings (SSSR count). The molecular weight excluding hydrogens is 298 g/mol. The normalized spacial score (nSPS) is 12.0. The highest BCUT2D eigenvalue weighted by Gasteiger charge is 2.24. The van der Waals surface area contributed by atoms with Gasteiger partial charge in [0.25, 0.3) is 0 Å².